The number of aryl methyl sites for hydroxylation is 4. The van der Waals surface area contributed by atoms with Crippen LogP contribution in [0.4, 0.5) is 0 Å². The molecule has 0 spiro atoms. The van der Waals surface area contributed by atoms with Gasteiger partial charge in [-0.2, -0.15) is 12.1 Å². The van der Waals surface area contributed by atoms with Crippen molar-refractivity contribution >= 4 is 21.5 Å². The average Bonchev–Trinajstić information content (AvgIpc) is 3.46. The van der Waals surface area contributed by atoms with E-state index in [0.717, 1.165) is 6.42 Å². The molecule has 208 valence electrons. The Morgan fingerprint density at radius 1 is 0.525 bits per heavy atom. The van der Waals surface area contributed by atoms with Crippen molar-refractivity contribution in [2.75, 3.05) is 0 Å². The van der Waals surface area contributed by atoms with Crippen LogP contribution in [-0.2, 0) is 25.8 Å². The maximum atomic E-state index is 3.38. The third kappa shape index (κ3) is 8.77. The van der Waals surface area contributed by atoms with E-state index in [1.165, 1.54) is 66.1 Å². The molecule has 6 aromatic carbocycles. The van der Waals surface area contributed by atoms with Crippen molar-refractivity contribution < 1.29 is 50.7 Å². The van der Waals surface area contributed by atoms with Crippen molar-refractivity contribution in [2.24, 2.45) is 0 Å². The van der Waals surface area contributed by atoms with Gasteiger partial charge < -0.3 is 45.1 Å². The fraction of sp³-hybridized carbons (Fsp3) is 0.135. The van der Waals surface area contributed by atoms with Gasteiger partial charge in [0, 0.05) is 25.8 Å². The topological polar surface area (TPSA) is 0 Å². The van der Waals surface area contributed by atoms with Gasteiger partial charge in [-0.3, -0.25) is 0 Å². The van der Waals surface area contributed by atoms with Crippen LogP contribution in [0.3, 0.4) is 0 Å². The van der Waals surface area contributed by atoms with Gasteiger partial charge in [-0.1, -0.05) is 96.8 Å². The van der Waals surface area contributed by atoms with E-state index in [1.54, 1.807) is 0 Å². The van der Waals surface area contributed by atoms with Gasteiger partial charge in [0.2, 0.25) is 0 Å². The number of hydrogen-bond donors (Lipinski definition) is 0. The fourth-order valence-corrected chi connectivity index (χ4v) is 4.74. The molecule has 6 aromatic rings. The molecular weight excluding hydrogens is 694 g/mol. The largest absolute Gasteiger partial charge is 1.00 e. The molecule has 3 heteroatoms. The third-order valence-corrected chi connectivity index (χ3v) is 6.52. The number of rotatable bonds is 2. The summed E-state index contributed by atoms with van der Waals surface area (Å²) in [5.41, 5.74) is 10.5. The Hall–Kier alpha value is -2.45. The van der Waals surface area contributed by atoms with Crippen LogP contribution in [0.25, 0.3) is 43.8 Å². The molecule has 0 fully saturated rings. The normalized spacial score (nSPS) is 9.75. The van der Waals surface area contributed by atoms with E-state index in [4.69, 9.17) is 0 Å². The number of hydrogen-bond acceptors (Lipinski definition) is 0. The molecule has 40 heavy (non-hydrogen) atoms. The molecule has 6 rings (SSSR count). The van der Waals surface area contributed by atoms with E-state index in [0.29, 0.717) is 0 Å². The second kappa shape index (κ2) is 16.7. The van der Waals surface area contributed by atoms with Gasteiger partial charge in [-0.25, -0.2) is 0 Å². The molecule has 0 bridgehead atoms. The summed E-state index contributed by atoms with van der Waals surface area (Å²) in [7, 11) is 0. The standard InChI is InChI=1S/2C17H15.C3H6.2ClH.Hf/c2*1-12-6-8-14(9-7-12)16-5-3-4-15-10-13(2)11-17(15)16;1-3-2;;;/h2*3-11H,1-2H3;1-3H2;2*1H;/q2*-1;-2;;;/p-2. The Bertz CT molecular complexity index is 1460. The first-order valence-electron chi connectivity index (χ1n) is 12.9. The van der Waals surface area contributed by atoms with Crippen LogP contribution in [0.2, 0.25) is 0 Å². The SMILES string of the molecule is Cc1ccc(-c2cccc3[cH-]c(C)cc23)cc1.Cc1ccc(-c2cccc3[cH-]c(C)cc23)cc1.[CH2-]C[CH2-].[Cl-].[Cl-].[Hf]. The Morgan fingerprint density at radius 3 is 1.18 bits per heavy atom. The van der Waals surface area contributed by atoms with Crippen LogP contribution >= 0.6 is 0 Å². The Labute approximate surface area is 272 Å². The van der Waals surface area contributed by atoms with Crippen LogP contribution in [0.15, 0.2) is 109 Å². The van der Waals surface area contributed by atoms with Crippen molar-refractivity contribution in [2.45, 2.75) is 34.1 Å². The summed E-state index contributed by atoms with van der Waals surface area (Å²) in [6, 6.07) is 39.5. The maximum Gasteiger partial charge on any atom is 0 e. The van der Waals surface area contributed by atoms with E-state index in [-0.39, 0.29) is 50.7 Å². The minimum absolute atomic E-state index is 0. The molecule has 0 nitrogen and oxygen atoms in total. The summed E-state index contributed by atoms with van der Waals surface area (Å²) >= 11 is 0. The Kier molecular flexibility index (Phi) is 14.9. The van der Waals surface area contributed by atoms with Crippen molar-refractivity contribution in [3.8, 4) is 22.3 Å². The average molecular weight is 730 g/mol. The monoisotopic (exact) mass is 730 g/mol. The summed E-state index contributed by atoms with van der Waals surface area (Å²) in [6.07, 6.45) is 0.750. The first-order valence-corrected chi connectivity index (χ1v) is 12.9. The van der Waals surface area contributed by atoms with Gasteiger partial charge in [0.05, 0.1) is 0 Å². The minimum atomic E-state index is 0. The van der Waals surface area contributed by atoms with Crippen LogP contribution in [-0.4, -0.2) is 0 Å². The number of fused-ring (bicyclic) bond motifs is 2. The minimum Gasteiger partial charge on any atom is -1.00 e. The molecule has 0 aromatic heterocycles. The van der Waals surface area contributed by atoms with E-state index >= 15 is 0 Å². The fourth-order valence-electron chi connectivity index (χ4n) is 4.74. The van der Waals surface area contributed by atoms with Gasteiger partial charge in [-0.15, -0.1) is 69.1 Å². The van der Waals surface area contributed by atoms with Crippen molar-refractivity contribution in [3.05, 3.63) is 145 Å². The van der Waals surface area contributed by atoms with Crippen molar-refractivity contribution in [1.82, 2.24) is 0 Å². The van der Waals surface area contributed by atoms with Gasteiger partial charge in [0.1, 0.15) is 0 Å². The summed E-state index contributed by atoms with van der Waals surface area (Å²) in [6.45, 7) is 15.3. The van der Waals surface area contributed by atoms with Gasteiger partial charge in [0.15, 0.2) is 0 Å². The summed E-state index contributed by atoms with van der Waals surface area (Å²) in [4.78, 5) is 0. The molecule has 0 heterocycles. The molecule has 0 unspecified atom stereocenters. The molecular formula is C37H36Cl2Hf-6. The molecule has 0 aliphatic rings. The first-order chi connectivity index (χ1) is 17.9. The zero-order chi connectivity index (χ0) is 26.4. The Morgan fingerprint density at radius 2 is 0.850 bits per heavy atom. The Balaban J connectivity index is 0.000000341. The van der Waals surface area contributed by atoms with E-state index in [9.17, 15) is 0 Å². The van der Waals surface area contributed by atoms with Crippen LogP contribution in [0.1, 0.15) is 28.7 Å². The zero-order valence-electron chi connectivity index (χ0n) is 23.8. The third-order valence-electron chi connectivity index (χ3n) is 6.52. The molecule has 0 saturated heterocycles. The molecule has 0 aliphatic heterocycles. The van der Waals surface area contributed by atoms with Gasteiger partial charge >= 0.3 is 0 Å². The van der Waals surface area contributed by atoms with Crippen molar-refractivity contribution in [3.63, 3.8) is 0 Å². The summed E-state index contributed by atoms with van der Waals surface area (Å²) in [5, 5.41) is 5.38. The molecule has 0 radical (unpaired) electrons. The summed E-state index contributed by atoms with van der Waals surface area (Å²) < 4.78 is 0. The predicted octanol–water partition coefficient (Wildman–Crippen LogP) is 4.74. The second-order valence-corrected chi connectivity index (χ2v) is 9.77. The van der Waals surface area contributed by atoms with Gasteiger partial charge in [0.25, 0.3) is 0 Å². The van der Waals surface area contributed by atoms with Gasteiger partial charge in [-0.05, 0) is 25.0 Å². The van der Waals surface area contributed by atoms with Crippen LogP contribution in [0, 0.1) is 41.5 Å². The van der Waals surface area contributed by atoms with E-state index in [1.807, 2.05) is 0 Å². The smallest absolute Gasteiger partial charge is 0 e. The second-order valence-electron chi connectivity index (χ2n) is 9.77. The maximum absolute atomic E-state index is 3.38. The van der Waals surface area contributed by atoms with Crippen LogP contribution in [0.5, 0.6) is 0 Å². The molecule has 0 amide bonds. The predicted molar refractivity (Wildman–Crippen MR) is 164 cm³/mol. The number of halogens is 2. The summed E-state index contributed by atoms with van der Waals surface area (Å²) in [5.74, 6) is 0. The zero-order valence-corrected chi connectivity index (χ0v) is 28.9. The number of benzene rings is 4. The van der Waals surface area contributed by atoms with Crippen molar-refractivity contribution in [1.29, 1.82) is 0 Å². The molecule has 0 aliphatic carbocycles. The molecule has 0 atom stereocenters. The molecule has 0 N–H and O–H groups in total. The quantitative estimate of drug-likeness (QED) is 0.179. The van der Waals surface area contributed by atoms with E-state index in [2.05, 4.69) is 151 Å². The molecule has 0 saturated carbocycles. The van der Waals surface area contributed by atoms with E-state index < -0.39 is 0 Å². The first kappa shape index (κ1) is 35.6. The van der Waals surface area contributed by atoms with Crippen LogP contribution < -0.4 is 24.8 Å².